The molecular formula is C23H18F3N2O2. The second-order valence-electron chi connectivity index (χ2n) is 6.75. The van der Waals surface area contributed by atoms with E-state index in [2.05, 4.69) is 11.4 Å². The van der Waals surface area contributed by atoms with Crippen LogP contribution in [0.4, 0.5) is 18.9 Å². The van der Waals surface area contributed by atoms with E-state index in [1.54, 1.807) is 50.5 Å². The molecule has 0 heterocycles. The number of benzene rings is 3. The molecule has 0 spiro atoms. The number of rotatable bonds is 4. The third-order valence-corrected chi connectivity index (χ3v) is 4.44. The normalized spacial score (nSPS) is 11.1. The van der Waals surface area contributed by atoms with Gasteiger partial charge in [0, 0.05) is 19.7 Å². The zero-order valence-electron chi connectivity index (χ0n) is 16.2. The first-order valence-electron chi connectivity index (χ1n) is 8.98. The van der Waals surface area contributed by atoms with E-state index in [4.69, 9.17) is 0 Å². The summed E-state index contributed by atoms with van der Waals surface area (Å²) in [7, 11) is 3.20. The SMILES string of the molecule is CN(C)C(=O)c1c[c]ccc1NC(=O)c1ccccc1-c1ccc(C(F)(F)F)cc1. The number of carbonyl (C=O) groups is 2. The molecule has 0 atom stereocenters. The Morgan fingerprint density at radius 1 is 0.933 bits per heavy atom. The van der Waals surface area contributed by atoms with Crippen LogP contribution in [0.15, 0.2) is 66.7 Å². The predicted octanol–water partition coefficient (Wildman–Crippen LogP) is 5.13. The number of nitrogens with zero attached hydrogens (tertiary/aromatic N) is 1. The van der Waals surface area contributed by atoms with Gasteiger partial charge in [-0.3, -0.25) is 9.59 Å². The first kappa shape index (κ1) is 21.1. The van der Waals surface area contributed by atoms with E-state index in [9.17, 15) is 22.8 Å². The Kier molecular flexibility index (Phi) is 5.91. The summed E-state index contributed by atoms with van der Waals surface area (Å²) in [6.07, 6.45) is -4.44. The van der Waals surface area contributed by atoms with E-state index < -0.39 is 17.6 Å². The zero-order chi connectivity index (χ0) is 21.9. The second-order valence-corrected chi connectivity index (χ2v) is 6.75. The number of hydrogen-bond acceptors (Lipinski definition) is 2. The van der Waals surface area contributed by atoms with Gasteiger partial charge in [0.15, 0.2) is 0 Å². The summed E-state index contributed by atoms with van der Waals surface area (Å²) in [5.74, 6) is -0.775. The third-order valence-electron chi connectivity index (χ3n) is 4.44. The Morgan fingerprint density at radius 3 is 2.23 bits per heavy atom. The zero-order valence-corrected chi connectivity index (χ0v) is 16.2. The van der Waals surface area contributed by atoms with Gasteiger partial charge in [-0.05, 0) is 47.5 Å². The molecular weight excluding hydrogens is 393 g/mol. The molecule has 0 unspecified atom stereocenters. The predicted molar refractivity (Wildman–Crippen MR) is 108 cm³/mol. The van der Waals surface area contributed by atoms with Crippen molar-refractivity contribution in [2.75, 3.05) is 19.4 Å². The van der Waals surface area contributed by atoms with Crippen molar-refractivity contribution in [2.24, 2.45) is 0 Å². The first-order chi connectivity index (χ1) is 14.2. The number of halogens is 3. The van der Waals surface area contributed by atoms with Crippen molar-refractivity contribution in [1.82, 2.24) is 4.90 Å². The summed E-state index contributed by atoms with van der Waals surface area (Å²) >= 11 is 0. The Bertz CT molecular complexity index is 1070. The van der Waals surface area contributed by atoms with Crippen molar-refractivity contribution < 1.29 is 22.8 Å². The molecule has 0 aromatic heterocycles. The van der Waals surface area contributed by atoms with Crippen LogP contribution in [-0.2, 0) is 6.18 Å². The van der Waals surface area contributed by atoms with Crippen LogP contribution in [0.5, 0.6) is 0 Å². The Morgan fingerprint density at radius 2 is 1.60 bits per heavy atom. The highest BCUT2D eigenvalue weighted by Crippen LogP contribution is 2.32. The maximum absolute atomic E-state index is 13.0. The molecule has 153 valence electrons. The first-order valence-corrected chi connectivity index (χ1v) is 8.98. The molecule has 30 heavy (non-hydrogen) atoms. The van der Waals surface area contributed by atoms with Crippen molar-refractivity contribution in [3.8, 4) is 11.1 Å². The number of anilines is 1. The molecule has 0 bridgehead atoms. The number of carbonyl (C=O) groups excluding carboxylic acids is 2. The quantitative estimate of drug-likeness (QED) is 0.647. The van der Waals surface area contributed by atoms with Gasteiger partial charge in [0.05, 0.1) is 16.8 Å². The average molecular weight is 411 g/mol. The molecule has 4 nitrogen and oxygen atoms in total. The highest BCUT2D eigenvalue weighted by molar-refractivity contribution is 6.11. The molecule has 7 heteroatoms. The fourth-order valence-corrected chi connectivity index (χ4v) is 2.92. The van der Waals surface area contributed by atoms with Crippen molar-refractivity contribution in [1.29, 1.82) is 0 Å². The molecule has 1 radical (unpaired) electrons. The molecule has 3 rings (SSSR count). The van der Waals surface area contributed by atoms with E-state index in [0.717, 1.165) is 12.1 Å². The van der Waals surface area contributed by atoms with Gasteiger partial charge in [0.1, 0.15) is 0 Å². The van der Waals surface area contributed by atoms with Gasteiger partial charge in [-0.2, -0.15) is 13.2 Å². The van der Waals surface area contributed by atoms with Crippen LogP contribution in [0, 0.1) is 6.07 Å². The van der Waals surface area contributed by atoms with E-state index in [-0.39, 0.29) is 17.0 Å². The van der Waals surface area contributed by atoms with Crippen LogP contribution in [0.1, 0.15) is 26.3 Å². The largest absolute Gasteiger partial charge is 0.416 e. The fraction of sp³-hybridized carbons (Fsp3) is 0.130. The second kappa shape index (κ2) is 8.41. The standard InChI is InChI=1S/C23H18F3N2O2/c1-28(2)22(30)19-9-5-6-10-20(19)27-21(29)18-8-4-3-7-17(18)15-11-13-16(14-12-15)23(24,25)26/h3-4,6-14H,1-2H3,(H,27,29). The molecule has 1 N–H and O–H groups in total. The summed E-state index contributed by atoms with van der Waals surface area (Å²) in [6.45, 7) is 0. The summed E-state index contributed by atoms with van der Waals surface area (Å²) in [5, 5.41) is 2.72. The van der Waals surface area contributed by atoms with E-state index >= 15 is 0 Å². The van der Waals surface area contributed by atoms with Crippen molar-refractivity contribution in [3.05, 3.63) is 89.5 Å². The van der Waals surface area contributed by atoms with Gasteiger partial charge >= 0.3 is 6.18 Å². The molecule has 3 aromatic rings. The van der Waals surface area contributed by atoms with E-state index in [1.807, 2.05) is 0 Å². The van der Waals surface area contributed by atoms with Gasteiger partial charge in [-0.25, -0.2) is 0 Å². The van der Waals surface area contributed by atoms with Crippen molar-refractivity contribution >= 4 is 17.5 Å². The lowest BCUT2D eigenvalue weighted by molar-refractivity contribution is -0.137. The van der Waals surface area contributed by atoms with E-state index in [0.29, 0.717) is 16.8 Å². The summed E-state index contributed by atoms with van der Waals surface area (Å²) in [4.78, 5) is 26.7. The minimum atomic E-state index is -4.44. The van der Waals surface area contributed by atoms with Gasteiger partial charge in [0.25, 0.3) is 11.8 Å². The van der Waals surface area contributed by atoms with Crippen LogP contribution in [0.2, 0.25) is 0 Å². The molecule has 0 fully saturated rings. The lowest BCUT2D eigenvalue weighted by Gasteiger charge is -2.16. The van der Waals surface area contributed by atoms with Crippen molar-refractivity contribution in [2.45, 2.75) is 6.18 Å². The monoisotopic (exact) mass is 411 g/mol. The minimum absolute atomic E-state index is 0.272. The topological polar surface area (TPSA) is 49.4 Å². The van der Waals surface area contributed by atoms with Gasteiger partial charge in [-0.15, -0.1) is 0 Å². The van der Waals surface area contributed by atoms with Gasteiger partial charge < -0.3 is 10.2 Å². The minimum Gasteiger partial charge on any atom is -0.345 e. The maximum atomic E-state index is 13.0. The molecule has 0 aliphatic heterocycles. The van der Waals surface area contributed by atoms with Crippen LogP contribution < -0.4 is 5.32 Å². The fourth-order valence-electron chi connectivity index (χ4n) is 2.92. The molecule has 2 amide bonds. The highest BCUT2D eigenvalue weighted by atomic mass is 19.4. The summed E-state index contributed by atoms with van der Waals surface area (Å²) in [5.41, 5.74) is 1.06. The van der Waals surface area contributed by atoms with E-state index in [1.165, 1.54) is 23.1 Å². The van der Waals surface area contributed by atoms with Gasteiger partial charge in [-0.1, -0.05) is 36.4 Å². The lowest BCUT2D eigenvalue weighted by Crippen LogP contribution is -2.24. The maximum Gasteiger partial charge on any atom is 0.416 e. The molecule has 3 aromatic carbocycles. The van der Waals surface area contributed by atoms with Crippen molar-refractivity contribution in [3.63, 3.8) is 0 Å². The Hall–Kier alpha value is -3.61. The van der Waals surface area contributed by atoms with Crippen LogP contribution in [0.3, 0.4) is 0 Å². The molecule has 0 saturated heterocycles. The number of hydrogen-bond donors (Lipinski definition) is 1. The molecule has 0 saturated carbocycles. The Labute approximate surface area is 171 Å². The van der Waals surface area contributed by atoms with Crippen LogP contribution >= 0.6 is 0 Å². The molecule has 0 aliphatic rings. The average Bonchev–Trinajstić information content (AvgIpc) is 2.73. The summed E-state index contributed by atoms with van der Waals surface area (Å²) in [6, 6.07) is 18.6. The van der Waals surface area contributed by atoms with Gasteiger partial charge in [0.2, 0.25) is 0 Å². The third kappa shape index (κ3) is 4.51. The highest BCUT2D eigenvalue weighted by Gasteiger charge is 2.30. The summed E-state index contributed by atoms with van der Waals surface area (Å²) < 4.78 is 38.5. The lowest BCUT2D eigenvalue weighted by atomic mass is 9.98. The Balaban J connectivity index is 1.94. The number of amides is 2. The number of alkyl halides is 3. The molecule has 0 aliphatic carbocycles. The van der Waals surface area contributed by atoms with Crippen LogP contribution in [0.25, 0.3) is 11.1 Å². The smallest absolute Gasteiger partial charge is 0.345 e. The van der Waals surface area contributed by atoms with Crippen LogP contribution in [-0.4, -0.2) is 30.8 Å². The number of nitrogens with one attached hydrogen (secondary N) is 1.